The number of allylic oxidation sites excluding steroid dienone is 1. The SMILES string of the molecule is CC(C)(C)C(=O)NCCCC1=NCC=C1. The van der Waals surface area contributed by atoms with E-state index in [2.05, 4.69) is 22.5 Å². The molecule has 1 aliphatic rings. The zero-order chi connectivity index (χ0) is 11.3. The Hall–Kier alpha value is -1.12. The number of hydrogen-bond donors (Lipinski definition) is 1. The molecular weight excluding hydrogens is 188 g/mol. The molecule has 0 unspecified atom stereocenters. The van der Waals surface area contributed by atoms with Gasteiger partial charge in [-0.15, -0.1) is 0 Å². The van der Waals surface area contributed by atoms with Crippen molar-refractivity contribution in [2.45, 2.75) is 33.6 Å². The van der Waals surface area contributed by atoms with Gasteiger partial charge in [0, 0.05) is 17.7 Å². The summed E-state index contributed by atoms with van der Waals surface area (Å²) in [5.41, 5.74) is 0.866. The van der Waals surface area contributed by atoms with Crippen LogP contribution in [0.2, 0.25) is 0 Å². The van der Waals surface area contributed by atoms with Gasteiger partial charge in [0.05, 0.1) is 6.54 Å². The van der Waals surface area contributed by atoms with E-state index >= 15 is 0 Å². The molecule has 0 atom stereocenters. The Balaban J connectivity index is 2.12. The number of nitrogens with zero attached hydrogens (tertiary/aromatic N) is 1. The number of carbonyl (C=O) groups is 1. The van der Waals surface area contributed by atoms with Crippen molar-refractivity contribution in [3.63, 3.8) is 0 Å². The standard InChI is InChI=1S/C12H20N2O/c1-12(2,3)11(15)14-9-5-7-10-6-4-8-13-10/h4,6H,5,7-9H2,1-3H3,(H,14,15). The van der Waals surface area contributed by atoms with E-state index in [0.717, 1.165) is 31.6 Å². The molecule has 1 heterocycles. The lowest BCUT2D eigenvalue weighted by molar-refractivity contribution is -0.128. The highest BCUT2D eigenvalue weighted by Crippen LogP contribution is 2.12. The van der Waals surface area contributed by atoms with Crippen LogP contribution in [-0.2, 0) is 4.79 Å². The van der Waals surface area contributed by atoms with Crippen LogP contribution in [0, 0.1) is 5.41 Å². The number of amides is 1. The van der Waals surface area contributed by atoms with Crippen molar-refractivity contribution in [2.24, 2.45) is 10.4 Å². The molecule has 0 bridgehead atoms. The second-order valence-electron chi connectivity index (χ2n) is 4.84. The fraction of sp³-hybridized carbons (Fsp3) is 0.667. The molecule has 0 aromatic rings. The van der Waals surface area contributed by atoms with E-state index in [0.29, 0.717) is 0 Å². The Morgan fingerprint density at radius 3 is 2.80 bits per heavy atom. The van der Waals surface area contributed by atoms with Crippen molar-refractivity contribution in [1.29, 1.82) is 0 Å². The number of rotatable bonds is 4. The minimum atomic E-state index is -0.287. The maximum absolute atomic E-state index is 11.5. The van der Waals surface area contributed by atoms with E-state index in [1.165, 1.54) is 0 Å². The summed E-state index contributed by atoms with van der Waals surface area (Å²) >= 11 is 0. The molecule has 0 aliphatic carbocycles. The van der Waals surface area contributed by atoms with Crippen LogP contribution in [0.3, 0.4) is 0 Å². The van der Waals surface area contributed by atoms with Gasteiger partial charge in [-0.2, -0.15) is 0 Å². The van der Waals surface area contributed by atoms with Crippen molar-refractivity contribution < 1.29 is 4.79 Å². The van der Waals surface area contributed by atoms with Gasteiger partial charge in [-0.3, -0.25) is 9.79 Å². The van der Waals surface area contributed by atoms with Gasteiger partial charge in [-0.1, -0.05) is 26.8 Å². The van der Waals surface area contributed by atoms with Gasteiger partial charge in [0.1, 0.15) is 0 Å². The molecule has 84 valence electrons. The summed E-state index contributed by atoms with van der Waals surface area (Å²) in [5.74, 6) is 0.117. The lowest BCUT2D eigenvalue weighted by Gasteiger charge is -2.17. The van der Waals surface area contributed by atoms with Gasteiger partial charge in [0.25, 0.3) is 0 Å². The topological polar surface area (TPSA) is 41.5 Å². The average molecular weight is 208 g/mol. The summed E-state index contributed by atoms with van der Waals surface area (Å²) in [6.07, 6.45) is 6.04. The summed E-state index contributed by atoms with van der Waals surface area (Å²) in [4.78, 5) is 15.8. The van der Waals surface area contributed by atoms with Crippen LogP contribution in [-0.4, -0.2) is 24.7 Å². The van der Waals surface area contributed by atoms with Crippen LogP contribution in [0.4, 0.5) is 0 Å². The smallest absolute Gasteiger partial charge is 0.225 e. The molecule has 0 saturated heterocycles. The van der Waals surface area contributed by atoms with E-state index in [1.807, 2.05) is 20.8 Å². The first-order valence-corrected chi connectivity index (χ1v) is 5.48. The molecule has 0 aromatic heterocycles. The van der Waals surface area contributed by atoms with Crippen molar-refractivity contribution in [2.75, 3.05) is 13.1 Å². The zero-order valence-corrected chi connectivity index (χ0v) is 9.84. The van der Waals surface area contributed by atoms with Gasteiger partial charge in [-0.25, -0.2) is 0 Å². The molecule has 0 spiro atoms. The maximum Gasteiger partial charge on any atom is 0.225 e. The number of carbonyl (C=O) groups excluding carboxylic acids is 1. The molecular formula is C12H20N2O. The van der Waals surface area contributed by atoms with Crippen LogP contribution in [0.5, 0.6) is 0 Å². The first-order valence-electron chi connectivity index (χ1n) is 5.48. The molecule has 0 aromatic carbocycles. The van der Waals surface area contributed by atoms with Crippen LogP contribution >= 0.6 is 0 Å². The molecule has 1 rings (SSSR count). The molecule has 1 aliphatic heterocycles. The predicted molar refractivity (Wildman–Crippen MR) is 63.1 cm³/mol. The Morgan fingerprint density at radius 2 is 2.27 bits per heavy atom. The van der Waals surface area contributed by atoms with Crippen molar-refractivity contribution in [3.8, 4) is 0 Å². The molecule has 3 heteroatoms. The molecule has 0 fully saturated rings. The lowest BCUT2D eigenvalue weighted by Crippen LogP contribution is -2.35. The highest BCUT2D eigenvalue weighted by atomic mass is 16.2. The fourth-order valence-corrected chi connectivity index (χ4v) is 1.31. The van der Waals surface area contributed by atoms with Crippen LogP contribution in [0.25, 0.3) is 0 Å². The molecule has 1 N–H and O–H groups in total. The van der Waals surface area contributed by atoms with Crippen LogP contribution < -0.4 is 5.32 Å². The monoisotopic (exact) mass is 208 g/mol. The summed E-state index contributed by atoms with van der Waals surface area (Å²) < 4.78 is 0. The van der Waals surface area contributed by atoms with Gasteiger partial charge in [0.15, 0.2) is 0 Å². The minimum Gasteiger partial charge on any atom is -0.356 e. The van der Waals surface area contributed by atoms with Gasteiger partial charge < -0.3 is 5.32 Å². The van der Waals surface area contributed by atoms with Crippen LogP contribution in [0.15, 0.2) is 17.1 Å². The average Bonchev–Trinajstić information content (AvgIpc) is 2.63. The largest absolute Gasteiger partial charge is 0.356 e. The third-order valence-electron chi connectivity index (χ3n) is 2.29. The molecule has 3 nitrogen and oxygen atoms in total. The lowest BCUT2D eigenvalue weighted by atomic mass is 9.96. The van der Waals surface area contributed by atoms with E-state index in [-0.39, 0.29) is 11.3 Å². The highest BCUT2D eigenvalue weighted by Gasteiger charge is 2.20. The Morgan fingerprint density at radius 1 is 1.53 bits per heavy atom. The molecule has 0 radical (unpaired) electrons. The first kappa shape index (κ1) is 12.0. The Labute approximate surface area is 91.7 Å². The molecule has 1 amide bonds. The number of aliphatic imine (C=N–C) groups is 1. The van der Waals surface area contributed by atoms with Gasteiger partial charge in [-0.05, 0) is 18.9 Å². The van der Waals surface area contributed by atoms with E-state index in [4.69, 9.17) is 0 Å². The quantitative estimate of drug-likeness (QED) is 0.705. The second-order valence-corrected chi connectivity index (χ2v) is 4.84. The van der Waals surface area contributed by atoms with Gasteiger partial charge >= 0.3 is 0 Å². The van der Waals surface area contributed by atoms with Crippen molar-refractivity contribution in [1.82, 2.24) is 5.32 Å². The van der Waals surface area contributed by atoms with E-state index < -0.39 is 0 Å². The normalized spacial score (nSPS) is 15.3. The van der Waals surface area contributed by atoms with Crippen LogP contribution in [0.1, 0.15) is 33.6 Å². The summed E-state index contributed by atoms with van der Waals surface area (Å²) in [7, 11) is 0. The third kappa shape index (κ3) is 4.28. The molecule has 15 heavy (non-hydrogen) atoms. The summed E-state index contributed by atoms with van der Waals surface area (Å²) in [6, 6.07) is 0. The second kappa shape index (κ2) is 5.10. The van der Waals surface area contributed by atoms with Gasteiger partial charge in [0.2, 0.25) is 5.91 Å². The maximum atomic E-state index is 11.5. The molecule has 0 saturated carbocycles. The summed E-state index contributed by atoms with van der Waals surface area (Å²) in [5, 5.41) is 2.93. The first-order chi connectivity index (χ1) is 7.00. The summed E-state index contributed by atoms with van der Waals surface area (Å²) in [6.45, 7) is 7.33. The number of hydrogen-bond acceptors (Lipinski definition) is 2. The predicted octanol–water partition coefficient (Wildman–Crippen LogP) is 1.94. The highest BCUT2D eigenvalue weighted by molar-refractivity contribution is 5.96. The minimum absolute atomic E-state index is 0.117. The number of nitrogens with one attached hydrogen (secondary N) is 1. The van der Waals surface area contributed by atoms with E-state index in [9.17, 15) is 4.79 Å². The zero-order valence-electron chi connectivity index (χ0n) is 9.84. The van der Waals surface area contributed by atoms with E-state index in [1.54, 1.807) is 0 Å². The third-order valence-corrected chi connectivity index (χ3v) is 2.29. The van der Waals surface area contributed by atoms with Crippen molar-refractivity contribution >= 4 is 11.6 Å². The van der Waals surface area contributed by atoms with Crippen molar-refractivity contribution in [3.05, 3.63) is 12.2 Å². The fourth-order valence-electron chi connectivity index (χ4n) is 1.31. The Kier molecular flexibility index (Phi) is 4.06. The Bertz CT molecular complexity index is 284.